The minimum absolute atomic E-state index is 0.579. The van der Waals surface area contributed by atoms with Gasteiger partial charge in [-0.1, -0.05) is 13.8 Å². The molecule has 5 heteroatoms. The highest BCUT2D eigenvalue weighted by molar-refractivity contribution is 5.78. The molecule has 0 radical (unpaired) electrons. The van der Waals surface area contributed by atoms with Crippen LogP contribution in [0.1, 0.15) is 26.7 Å². The number of piperazine rings is 1. The Bertz CT molecular complexity index is 328. The molecule has 2 heterocycles. The first-order valence-electron chi connectivity index (χ1n) is 8.50. The number of nitrogens with zero attached hydrogens (tertiary/aromatic N) is 4. The normalized spacial score (nSPS) is 25.3. The maximum Gasteiger partial charge on any atom is 0.191 e. The van der Waals surface area contributed by atoms with Crippen LogP contribution in [-0.4, -0.2) is 80.1 Å². The fourth-order valence-electron chi connectivity index (χ4n) is 3.12. The minimum atomic E-state index is 0.579. The summed E-state index contributed by atoms with van der Waals surface area (Å²) in [7, 11) is 2.20. The molecular formula is C16H33N5. The van der Waals surface area contributed by atoms with Crippen molar-refractivity contribution in [3.05, 3.63) is 0 Å². The molecule has 0 aromatic rings. The number of rotatable bonds is 4. The molecule has 0 amide bonds. The summed E-state index contributed by atoms with van der Waals surface area (Å²) in [5.41, 5.74) is 6.15. The van der Waals surface area contributed by atoms with Gasteiger partial charge in [0.05, 0.1) is 0 Å². The topological polar surface area (TPSA) is 48.1 Å². The molecule has 122 valence electrons. The number of hydrogen-bond donors (Lipinski definition) is 1. The second-order valence-corrected chi connectivity index (χ2v) is 7.08. The van der Waals surface area contributed by atoms with E-state index in [-0.39, 0.29) is 0 Å². The van der Waals surface area contributed by atoms with E-state index in [0.717, 1.165) is 38.1 Å². The van der Waals surface area contributed by atoms with Crippen LogP contribution in [0.4, 0.5) is 0 Å². The van der Waals surface area contributed by atoms with Crippen molar-refractivity contribution in [3.63, 3.8) is 0 Å². The zero-order chi connectivity index (χ0) is 15.2. The van der Waals surface area contributed by atoms with Crippen LogP contribution in [-0.2, 0) is 0 Å². The summed E-state index contributed by atoms with van der Waals surface area (Å²) >= 11 is 0. The molecule has 2 saturated heterocycles. The van der Waals surface area contributed by atoms with Gasteiger partial charge in [0, 0.05) is 52.4 Å². The summed E-state index contributed by atoms with van der Waals surface area (Å²) in [5.74, 6) is 2.17. The molecule has 2 aliphatic rings. The van der Waals surface area contributed by atoms with Gasteiger partial charge in [-0.15, -0.1) is 0 Å². The van der Waals surface area contributed by atoms with Crippen LogP contribution < -0.4 is 5.73 Å². The van der Waals surface area contributed by atoms with Crippen LogP contribution in [0.25, 0.3) is 0 Å². The Morgan fingerprint density at radius 1 is 1.14 bits per heavy atom. The number of nitrogens with two attached hydrogens (primary N) is 1. The average Bonchev–Trinajstić information content (AvgIpc) is 2.48. The van der Waals surface area contributed by atoms with E-state index in [1.807, 2.05) is 0 Å². The van der Waals surface area contributed by atoms with Crippen LogP contribution in [0.3, 0.4) is 0 Å². The standard InChI is InChI=1S/C16H33N5/c1-14-4-6-21(7-5-14)16(17)18-12-15(2)13-20-10-8-19(3)9-11-20/h14-15H,4-13H2,1-3H3,(H2,17,18). The van der Waals surface area contributed by atoms with Crippen molar-refractivity contribution in [1.29, 1.82) is 0 Å². The third-order valence-electron chi connectivity index (χ3n) is 4.84. The van der Waals surface area contributed by atoms with Crippen LogP contribution in [0.2, 0.25) is 0 Å². The van der Waals surface area contributed by atoms with E-state index >= 15 is 0 Å². The van der Waals surface area contributed by atoms with E-state index in [2.05, 4.69) is 40.6 Å². The van der Waals surface area contributed by atoms with Crippen LogP contribution in [0, 0.1) is 11.8 Å². The summed E-state index contributed by atoms with van der Waals surface area (Å²) in [4.78, 5) is 11.8. The fourth-order valence-corrected chi connectivity index (χ4v) is 3.12. The van der Waals surface area contributed by atoms with E-state index in [9.17, 15) is 0 Å². The summed E-state index contributed by atoms with van der Waals surface area (Å²) in [6.45, 7) is 13.5. The molecule has 21 heavy (non-hydrogen) atoms. The molecule has 0 saturated carbocycles. The van der Waals surface area contributed by atoms with Crippen molar-refractivity contribution in [2.75, 3.05) is 59.4 Å². The van der Waals surface area contributed by atoms with Gasteiger partial charge in [-0.2, -0.15) is 0 Å². The Morgan fingerprint density at radius 2 is 1.76 bits per heavy atom. The molecular weight excluding hydrogens is 262 g/mol. The van der Waals surface area contributed by atoms with Crippen LogP contribution in [0.5, 0.6) is 0 Å². The summed E-state index contributed by atoms with van der Waals surface area (Å²) in [6.07, 6.45) is 2.49. The predicted molar refractivity (Wildman–Crippen MR) is 89.6 cm³/mol. The van der Waals surface area contributed by atoms with Crippen molar-refractivity contribution in [2.45, 2.75) is 26.7 Å². The smallest absolute Gasteiger partial charge is 0.191 e. The molecule has 1 unspecified atom stereocenters. The van der Waals surface area contributed by atoms with E-state index in [0.29, 0.717) is 5.92 Å². The number of likely N-dealkylation sites (N-methyl/N-ethyl adjacent to an activating group) is 1. The molecule has 0 spiro atoms. The van der Waals surface area contributed by atoms with E-state index < -0.39 is 0 Å². The molecule has 0 aromatic carbocycles. The number of hydrogen-bond acceptors (Lipinski definition) is 3. The lowest BCUT2D eigenvalue weighted by Gasteiger charge is -2.34. The SMILES string of the molecule is CC1CCN(C(N)=NCC(C)CN2CCN(C)CC2)CC1. The van der Waals surface area contributed by atoms with Crippen LogP contribution >= 0.6 is 0 Å². The highest BCUT2D eigenvalue weighted by atomic mass is 15.3. The summed E-state index contributed by atoms with van der Waals surface area (Å²) < 4.78 is 0. The van der Waals surface area contributed by atoms with Gasteiger partial charge < -0.3 is 20.4 Å². The number of likely N-dealkylation sites (tertiary alicyclic amines) is 1. The summed E-state index contributed by atoms with van der Waals surface area (Å²) in [5, 5.41) is 0. The molecule has 0 bridgehead atoms. The third kappa shape index (κ3) is 5.47. The minimum Gasteiger partial charge on any atom is -0.370 e. The van der Waals surface area contributed by atoms with Gasteiger partial charge in [-0.25, -0.2) is 0 Å². The lowest BCUT2D eigenvalue weighted by molar-refractivity contribution is 0.140. The first kappa shape index (κ1) is 16.6. The maximum atomic E-state index is 6.15. The molecule has 2 fully saturated rings. The van der Waals surface area contributed by atoms with Crippen molar-refractivity contribution in [1.82, 2.24) is 14.7 Å². The van der Waals surface area contributed by atoms with Gasteiger partial charge in [-0.05, 0) is 31.7 Å². The molecule has 5 nitrogen and oxygen atoms in total. The Hall–Kier alpha value is -0.810. The second-order valence-electron chi connectivity index (χ2n) is 7.08. The molecule has 2 aliphatic heterocycles. The molecule has 2 rings (SSSR count). The maximum absolute atomic E-state index is 6.15. The van der Waals surface area contributed by atoms with Gasteiger partial charge in [0.2, 0.25) is 0 Å². The van der Waals surface area contributed by atoms with Crippen LogP contribution in [0.15, 0.2) is 4.99 Å². The third-order valence-corrected chi connectivity index (χ3v) is 4.84. The Morgan fingerprint density at radius 3 is 2.38 bits per heavy atom. The largest absolute Gasteiger partial charge is 0.370 e. The fraction of sp³-hybridized carbons (Fsp3) is 0.938. The molecule has 1 atom stereocenters. The number of piperidine rings is 1. The van der Waals surface area contributed by atoms with Crippen molar-refractivity contribution in [3.8, 4) is 0 Å². The Kier molecular flexibility index (Phi) is 6.30. The van der Waals surface area contributed by atoms with Gasteiger partial charge in [0.15, 0.2) is 5.96 Å². The zero-order valence-electron chi connectivity index (χ0n) is 14.1. The predicted octanol–water partition coefficient (Wildman–Crippen LogP) is 0.917. The van der Waals surface area contributed by atoms with Crippen molar-refractivity contribution < 1.29 is 0 Å². The number of aliphatic imine (C=N–C) groups is 1. The van der Waals surface area contributed by atoms with Gasteiger partial charge in [0.1, 0.15) is 0 Å². The first-order valence-corrected chi connectivity index (χ1v) is 8.50. The Labute approximate surface area is 130 Å². The zero-order valence-corrected chi connectivity index (χ0v) is 14.1. The lowest BCUT2D eigenvalue weighted by Crippen LogP contribution is -2.46. The first-order chi connectivity index (χ1) is 10.0. The molecule has 0 aromatic heterocycles. The second kappa shape index (κ2) is 7.99. The van der Waals surface area contributed by atoms with Crippen molar-refractivity contribution in [2.24, 2.45) is 22.6 Å². The van der Waals surface area contributed by atoms with E-state index in [1.165, 1.54) is 39.0 Å². The number of guanidine groups is 1. The van der Waals surface area contributed by atoms with Gasteiger partial charge in [-0.3, -0.25) is 4.99 Å². The van der Waals surface area contributed by atoms with Gasteiger partial charge in [0.25, 0.3) is 0 Å². The Balaban J connectivity index is 1.69. The van der Waals surface area contributed by atoms with Crippen molar-refractivity contribution >= 4 is 5.96 Å². The molecule has 0 aliphatic carbocycles. The highest BCUT2D eigenvalue weighted by Crippen LogP contribution is 2.15. The quantitative estimate of drug-likeness (QED) is 0.619. The monoisotopic (exact) mass is 295 g/mol. The van der Waals surface area contributed by atoms with E-state index in [4.69, 9.17) is 5.73 Å². The van der Waals surface area contributed by atoms with Gasteiger partial charge >= 0.3 is 0 Å². The average molecular weight is 295 g/mol. The highest BCUT2D eigenvalue weighted by Gasteiger charge is 2.18. The van der Waals surface area contributed by atoms with E-state index in [1.54, 1.807) is 0 Å². The molecule has 2 N–H and O–H groups in total. The summed E-state index contributed by atoms with van der Waals surface area (Å²) in [6, 6.07) is 0. The lowest BCUT2D eigenvalue weighted by atomic mass is 10.00.